The van der Waals surface area contributed by atoms with Crippen molar-refractivity contribution in [1.82, 2.24) is 16.0 Å². The highest BCUT2D eigenvalue weighted by Crippen LogP contribution is 1.92. The SMILES string of the molecule is CC1CNC(C(=O)NCCS(C)=O)CN1. The van der Waals surface area contributed by atoms with Gasteiger partial charge in [0.25, 0.3) is 0 Å². The maximum Gasteiger partial charge on any atom is 0.238 e. The minimum Gasteiger partial charge on any atom is -0.354 e. The lowest BCUT2D eigenvalue weighted by Crippen LogP contribution is -2.59. The van der Waals surface area contributed by atoms with E-state index < -0.39 is 10.8 Å². The van der Waals surface area contributed by atoms with Crippen LogP contribution in [0.4, 0.5) is 0 Å². The number of rotatable bonds is 4. The Bertz CT molecular complexity index is 240. The third-order valence-corrected chi connectivity index (χ3v) is 3.13. The quantitative estimate of drug-likeness (QED) is 0.549. The Morgan fingerprint density at radius 2 is 2.20 bits per heavy atom. The van der Waals surface area contributed by atoms with Crippen molar-refractivity contribution >= 4 is 16.7 Å². The van der Waals surface area contributed by atoms with Crippen molar-refractivity contribution in [2.45, 2.75) is 19.0 Å². The highest BCUT2D eigenvalue weighted by atomic mass is 32.2. The standard InChI is InChI=1S/C9H19N3O2S/c1-7-5-12-8(6-11-7)9(13)10-3-4-15(2)14/h7-8,11-12H,3-6H2,1-2H3,(H,10,13). The van der Waals surface area contributed by atoms with Gasteiger partial charge in [0.1, 0.15) is 0 Å². The van der Waals surface area contributed by atoms with E-state index in [0.717, 1.165) is 6.54 Å². The third-order valence-electron chi connectivity index (χ3n) is 2.35. The predicted molar refractivity (Wildman–Crippen MR) is 61.2 cm³/mol. The van der Waals surface area contributed by atoms with Gasteiger partial charge in [0, 0.05) is 48.5 Å². The minimum absolute atomic E-state index is 0.0140. The molecule has 1 heterocycles. The third kappa shape index (κ3) is 4.72. The molecule has 0 aliphatic carbocycles. The van der Waals surface area contributed by atoms with E-state index >= 15 is 0 Å². The summed E-state index contributed by atoms with van der Waals surface area (Å²) in [6, 6.07) is 0.253. The van der Waals surface area contributed by atoms with Gasteiger partial charge in [-0.2, -0.15) is 0 Å². The summed E-state index contributed by atoms with van der Waals surface area (Å²) in [5.41, 5.74) is 0. The Kier molecular flexibility index (Phi) is 5.21. The van der Waals surface area contributed by atoms with Gasteiger partial charge in [0.15, 0.2) is 0 Å². The van der Waals surface area contributed by atoms with Crippen LogP contribution in [0.3, 0.4) is 0 Å². The normalized spacial score (nSPS) is 28.4. The Labute approximate surface area is 92.8 Å². The van der Waals surface area contributed by atoms with Crippen LogP contribution in [0.1, 0.15) is 6.92 Å². The van der Waals surface area contributed by atoms with Gasteiger partial charge in [-0.3, -0.25) is 9.00 Å². The summed E-state index contributed by atoms with van der Waals surface area (Å²) in [5, 5.41) is 9.15. The van der Waals surface area contributed by atoms with Crippen LogP contribution in [0.25, 0.3) is 0 Å². The molecule has 3 atom stereocenters. The van der Waals surface area contributed by atoms with E-state index in [1.807, 2.05) is 0 Å². The molecule has 0 aromatic rings. The van der Waals surface area contributed by atoms with Crippen LogP contribution >= 0.6 is 0 Å². The maximum atomic E-state index is 11.6. The second-order valence-electron chi connectivity index (χ2n) is 3.84. The fourth-order valence-electron chi connectivity index (χ4n) is 1.41. The molecule has 1 rings (SSSR count). The lowest BCUT2D eigenvalue weighted by molar-refractivity contribution is -0.123. The summed E-state index contributed by atoms with van der Waals surface area (Å²) in [6.45, 7) is 4.01. The van der Waals surface area contributed by atoms with Crippen LogP contribution in [-0.4, -0.2) is 53.8 Å². The van der Waals surface area contributed by atoms with Crippen molar-refractivity contribution in [3.63, 3.8) is 0 Å². The molecule has 88 valence electrons. The summed E-state index contributed by atoms with van der Waals surface area (Å²) in [4.78, 5) is 11.6. The second-order valence-corrected chi connectivity index (χ2v) is 5.39. The van der Waals surface area contributed by atoms with Gasteiger partial charge in [-0.05, 0) is 6.92 Å². The molecule has 1 saturated heterocycles. The molecule has 0 aromatic heterocycles. The summed E-state index contributed by atoms with van der Waals surface area (Å²) in [7, 11) is -0.843. The molecule has 0 saturated carbocycles. The van der Waals surface area contributed by atoms with Gasteiger partial charge in [0.05, 0.1) is 6.04 Å². The summed E-state index contributed by atoms with van der Waals surface area (Å²) >= 11 is 0. The molecule has 1 amide bonds. The molecule has 5 nitrogen and oxygen atoms in total. The fourth-order valence-corrected chi connectivity index (χ4v) is 1.80. The molecule has 0 aromatic carbocycles. The molecule has 1 aliphatic heterocycles. The first-order valence-corrected chi connectivity index (χ1v) is 6.87. The van der Waals surface area contributed by atoms with Crippen LogP contribution in [0.2, 0.25) is 0 Å². The predicted octanol–water partition coefficient (Wildman–Crippen LogP) is -1.57. The van der Waals surface area contributed by atoms with E-state index in [2.05, 4.69) is 22.9 Å². The molecular weight excluding hydrogens is 214 g/mol. The first-order valence-electron chi connectivity index (χ1n) is 5.14. The average molecular weight is 233 g/mol. The summed E-state index contributed by atoms with van der Waals surface area (Å²) in [6.07, 6.45) is 1.63. The molecule has 6 heteroatoms. The van der Waals surface area contributed by atoms with Gasteiger partial charge in [-0.25, -0.2) is 0 Å². The maximum absolute atomic E-state index is 11.6. The van der Waals surface area contributed by atoms with Crippen LogP contribution in [0, 0.1) is 0 Å². The number of carbonyl (C=O) groups is 1. The molecule has 0 bridgehead atoms. The zero-order chi connectivity index (χ0) is 11.3. The van der Waals surface area contributed by atoms with E-state index in [4.69, 9.17) is 0 Å². The highest BCUT2D eigenvalue weighted by Gasteiger charge is 2.22. The van der Waals surface area contributed by atoms with Crippen LogP contribution < -0.4 is 16.0 Å². The summed E-state index contributed by atoms with van der Waals surface area (Å²) in [5.74, 6) is 0.502. The number of hydrogen-bond donors (Lipinski definition) is 3. The Morgan fingerprint density at radius 1 is 1.47 bits per heavy atom. The number of nitrogens with one attached hydrogen (secondary N) is 3. The Morgan fingerprint density at radius 3 is 2.73 bits per heavy atom. The van der Waals surface area contributed by atoms with E-state index in [9.17, 15) is 9.00 Å². The number of hydrogen-bond acceptors (Lipinski definition) is 4. The van der Waals surface area contributed by atoms with Gasteiger partial charge >= 0.3 is 0 Å². The molecule has 3 unspecified atom stereocenters. The van der Waals surface area contributed by atoms with E-state index in [1.54, 1.807) is 6.26 Å². The first-order chi connectivity index (χ1) is 7.09. The fraction of sp³-hybridized carbons (Fsp3) is 0.889. The largest absolute Gasteiger partial charge is 0.354 e. The van der Waals surface area contributed by atoms with E-state index in [0.29, 0.717) is 24.9 Å². The van der Waals surface area contributed by atoms with Crippen molar-refractivity contribution in [2.75, 3.05) is 31.6 Å². The van der Waals surface area contributed by atoms with Crippen LogP contribution in [0.5, 0.6) is 0 Å². The lowest BCUT2D eigenvalue weighted by atomic mass is 10.1. The van der Waals surface area contributed by atoms with Gasteiger partial charge < -0.3 is 16.0 Å². The topological polar surface area (TPSA) is 70.2 Å². The monoisotopic (exact) mass is 233 g/mol. The minimum atomic E-state index is -0.843. The van der Waals surface area contributed by atoms with Crippen molar-refractivity contribution in [3.8, 4) is 0 Å². The van der Waals surface area contributed by atoms with Gasteiger partial charge in [0.2, 0.25) is 5.91 Å². The molecule has 3 N–H and O–H groups in total. The van der Waals surface area contributed by atoms with E-state index in [-0.39, 0.29) is 11.9 Å². The first kappa shape index (κ1) is 12.6. The number of carbonyl (C=O) groups excluding carboxylic acids is 1. The van der Waals surface area contributed by atoms with Gasteiger partial charge in [-0.15, -0.1) is 0 Å². The second kappa shape index (κ2) is 6.19. The lowest BCUT2D eigenvalue weighted by Gasteiger charge is -2.28. The number of piperazine rings is 1. The molecular formula is C9H19N3O2S. The Hall–Kier alpha value is -0.460. The summed E-state index contributed by atoms with van der Waals surface area (Å²) < 4.78 is 10.8. The smallest absolute Gasteiger partial charge is 0.238 e. The molecule has 0 spiro atoms. The van der Waals surface area contributed by atoms with Crippen molar-refractivity contribution in [1.29, 1.82) is 0 Å². The Balaban J connectivity index is 2.19. The van der Waals surface area contributed by atoms with Crippen LogP contribution in [0.15, 0.2) is 0 Å². The van der Waals surface area contributed by atoms with Crippen molar-refractivity contribution in [3.05, 3.63) is 0 Å². The van der Waals surface area contributed by atoms with Crippen molar-refractivity contribution in [2.24, 2.45) is 0 Å². The van der Waals surface area contributed by atoms with Crippen LogP contribution in [-0.2, 0) is 15.6 Å². The number of amides is 1. The molecule has 15 heavy (non-hydrogen) atoms. The zero-order valence-corrected chi connectivity index (χ0v) is 10.0. The molecule has 0 radical (unpaired) electrons. The highest BCUT2D eigenvalue weighted by molar-refractivity contribution is 7.84. The average Bonchev–Trinajstić information content (AvgIpc) is 2.18. The van der Waals surface area contributed by atoms with Crippen molar-refractivity contribution < 1.29 is 9.00 Å². The molecule has 1 aliphatic rings. The molecule has 1 fully saturated rings. The van der Waals surface area contributed by atoms with Gasteiger partial charge in [-0.1, -0.05) is 0 Å². The zero-order valence-electron chi connectivity index (χ0n) is 9.21. The van der Waals surface area contributed by atoms with E-state index in [1.165, 1.54) is 0 Å².